The molecule has 3 nitrogen and oxygen atoms in total. The van der Waals surface area contributed by atoms with Crippen molar-refractivity contribution < 1.29 is 14.6 Å². The van der Waals surface area contributed by atoms with Gasteiger partial charge in [0.2, 0.25) is 0 Å². The van der Waals surface area contributed by atoms with Gasteiger partial charge in [0.1, 0.15) is 0 Å². The van der Waals surface area contributed by atoms with Gasteiger partial charge < -0.3 is 9.84 Å². The lowest BCUT2D eigenvalue weighted by Crippen LogP contribution is -2.38. The number of hydrogen-bond donors (Lipinski definition) is 1. The molecule has 0 amide bonds. The summed E-state index contributed by atoms with van der Waals surface area (Å²) in [5, 5.41) is 9.14. The van der Waals surface area contributed by atoms with Crippen LogP contribution in [-0.2, 0) is 9.53 Å². The molecule has 0 aromatic heterocycles. The fourth-order valence-electron chi connectivity index (χ4n) is 2.22. The summed E-state index contributed by atoms with van der Waals surface area (Å²) in [6.45, 7) is 2.13. The maximum atomic E-state index is 11.1. The fourth-order valence-corrected chi connectivity index (χ4v) is 2.22. The number of ether oxygens (including phenoxy) is 1. The van der Waals surface area contributed by atoms with Gasteiger partial charge in [-0.3, -0.25) is 4.79 Å². The van der Waals surface area contributed by atoms with E-state index in [0.717, 1.165) is 25.7 Å². The standard InChI is InChI=1S/C10H18O3/c1-10(7-13-2,9(11)12)8-5-3-4-6-8/h8H,3-7H2,1-2H3,(H,11,12). The Balaban J connectivity index is 2.69. The van der Waals surface area contributed by atoms with Crippen molar-refractivity contribution in [3.63, 3.8) is 0 Å². The topological polar surface area (TPSA) is 46.5 Å². The predicted octanol–water partition coefficient (Wildman–Crippen LogP) is 1.91. The predicted molar refractivity (Wildman–Crippen MR) is 49.6 cm³/mol. The van der Waals surface area contributed by atoms with Crippen LogP contribution in [0.15, 0.2) is 0 Å². The average molecular weight is 186 g/mol. The first-order valence-electron chi connectivity index (χ1n) is 4.83. The summed E-state index contributed by atoms with van der Waals surface area (Å²) >= 11 is 0. The largest absolute Gasteiger partial charge is 0.481 e. The third-order valence-corrected chi connectivity index (χ3v) is 3.19. The summed E-state index contributed by atoms with van der Waals surface area (Å²) in [5.41, 5.74) is -0.675. The smallest absolute Gasteiger partial charge is 0.311 e. The first kappa shape index (κ1) is 10.5. The maximum absolute atomic E-state index is 11.1. The highest BCUT2D eigenvalue weighted by atomic mass is 16.5. The number of methoxy groups -OCH3 is 1. The Morgan fingerprint density at radius 1 is 1.54 bits per heavy atom. The lowest BCUT2D eigenvalue weighted by Gasteiger charge is -2.30. The highest BCUT2D eigenvalue weighted by molar-refractivity contribution is 5.74. The van der Waals surface area contributed by atoms with Crippen molar-refractivity contribution in [1.29, 1.82) is 0 Å². The molecule has 1 rings (SSSR count). The Morgan fingerprint density at radius 2 is 2.08 bits per heavy atom. The number of carbonyl (C=O) groups is 1. The molecule has 1 atom stereocenters. The Labute approximate surface area is 79.1 Å². The minimum Gasteiger partial charge on any atom is -0.481 e. The molecular weight excluding hydrogens is 168 g/mol. The zero-order valence-electron chi connectivity index (χ0n) is 8.38. The third-order valence-electron chi connectivity index (χ3n) is 3.19. The van der Waals surface area contributed by atoms with Crippen LogP contribution in [0.2, 0.25) is 0 Å². The van der Waals surface area contributed by atoms with E-state index in [9.17, 15) is 4.79 Å². The molecule has 1 aliphatic carbocycles. The summed E-state index contributed by atoms with van der Waals surface area (Å²) < 4.78 is 5.00. The first-order chi connectivity index (χ1) is 6.11. The van der Waals surface area contributed by atoms with Crippen molar-refractivity contribution in [2.24, 2.45) is 11.3 Å². The molecule has 1 unspecified atom stereocenters. The van der Waals surface area contributed by atoms with Crippen LogP contribution in [-0.4, -0.2) is 24.8 Å². The second-order valence-electron chi connectivity index (χ2n) is 4.14. The Morgan fingerprint density at radius 3 is 2.46 bits per heavy atom. The van der Waals surface area contributed by atoms with Gasteiger partial charge in [0, 0.05) is 7.11 Å². The number of hydrogen-bond acceptors (Lipinski definition) is 2. The number of carboxylic acid groups (broad SMARTS) is 1. The van der Waals surface area contributed by atoms with Crippen molar-refractivity contribution in [3.8, 4) is 0 Å². The summed E-state index contributed by atoms with van der Waals surface area (Å²) in [6, 6.07) is 0. The van der Waals surface area contributed by atoms with Crippen LogP contribution < -0.4 is 0 Å². The van der Waals surface area contributed by atoms with Crippen molar-refractivity contribution in [1.82, 2.24) is 0 Å². The highest BCUT2D eigenvalue weighted by Crippen LogP contribution is 2.40. The van der Waals surface area contributed by atoms with E-state index >= 15 is 0 Å². The molecule has 1 aliphatic rings. The van der Waals surface area contributed by atoms with Gasteiger partial charge >= 0.3 is 5.97 Å². The molecular formula is C10H18O3. The van der Waals surface area contributed by atoms with E-state index in [1.54, 1.807) is 14.0 Å². The van der Waals surface area contributed by atoms with E-state index in [-0.39, 0.29) is 0 Å². The summed E-state index contributed by atoms with van der Waals surface area (Å²) in [7, 11) is 1.57. The molecule has 0 spiro atoms. The maximum Gasteiger partial charge on any atom is 0.311 e. The van der Waals surface area contributed by atoms with Gasteiger partial charge in [-0.25, -0.2) is 0 Å². The highest BCUT2D eigenvalue weighted by Gasteiger charge is 2.42. The van der Waals surface area contributed by atoms with Crippen molar-refractivity contribution in [2.75, 3.05) is 13.7 Å². The molecule has 0 heterocycles. The number of rotatable bonds is 4. The summed E-state index contributed by atoms with van der Waals surface area (Å²) in [5.74, 6) is -0.425. The molecule has 0 aromatic carbocycles. The molecule has 0 aromatic rings. The monoisotopic (exact) mass is 186 g/mol. The molecule has 0 saturated heterocycles. The van der Waals surface area contributed by atoms with E-state index < -0.39 is 11.4 Å². The molecule has 0 radical (unpaired) electrons. The fraction of sp³-hybridized carbons (Fsp3) is 0.900. The van der Waals surface area contributed by atoms with Gasteiger partial charge in [-0.05, 0) is 25.7 Å². The number of aliphatic carboxylic acids is 1. The van der Waals surface area contributed by atoms with Crippen LogP contribution in [0.1, 0.15) is 32.6 Å². The molecule has 0 aliphatic heterocycles. The molecule has 3 heteroatoms. The quantitative estimate of drug-likeness (QED) is 0.729. The zero-order chi connectivity index (χ0) is 9.90. The van der Waals surface area contributed by atoms with Gasteiger partial charge in [-0.2, -0.15) is 0 Å². The lowest BCUT2D eigenvalue weighted by atomic mass is 9.76. The molecule has 1 fully saturated rings. The Bertz CT molecular complexity index is 185. The van der Waals surface area contributed by atoms with Crippen molar-refractivity contribution in [3.05, 3.63) is 0 Å². The van der Waals surface area contributed by atoms with Crippen LogP contribution >= 0.6 is 0 Å². The number of carboxylic acids is 1. The van der Waals surface area contributed by atoms with Crippen molar-refractivity contribution >= 4 is 5.97 Å². The van der Waals surface area contributed by atoms with Gasteiger partial charge in [-0.1, -0.05) is 12.8 Å². The van der Waals surface area contributed by atoms with Crippen LogP contribution in [0.3, 0.4) is 0 Å². The molecule has 13 heavy (non-hydrogen) atoms. The van der Waals surface area contributed by atoms with Gasteiger partial charge in [0.25, 0.3) is 0 Å². The van der Waals surface area contributed by atoms with E-state index in [2.05, 4.69) is 0 Å². The van der Waals surface area contributed by atoms with Crippen LogP contribution in [0, 0.1) is 11.3 Å². The van der Waals surface area contributed by atoms with Crippen molar-refractivity contribution in [2.45, 2.75) is 32.6 Å². The molecule has 0 bridgehead atoms. The van der Waals surface area contributed by atoms with Gasteiger partial charge in [0.05, 0.1) is 12.0 Å². The average Bonchev–Trinajstić information content (AvgIpc) is 2.56. The third kappa shape index (κ3) is 2.02. The second kappa shape index (κ2) is 4.09. The van der Waals surface area contributed by atoms with Gasteiger partial charge in [-0.15, -0.1) is 0 Å². The SMILES string of the molecule is COCC(C)(C(=O)O)C1CCCC1. The van der Waals surface area contributed by atoms with Crippen LogP contribution in [0.25, 0.3) is 0 Å². The van der Waals surface area contributed by atoms with Crippen LogP contribution in [0.4, 0.5) is 0 Å². The summed E-state index contributed by atoms with van der Waals surface area (Å²) in [6.07, 6.45) is 4.40. The second-order valence-corrected chi connectivity index (χ2v) is 4.14. The minimum absolute atomic E-state index is 0.296. The normalized spacial score (nSPS) is 22.9. The van der Waals surface area contributed by atoms with E-state index in [1.165, 1.54) is 0 Å². The molecule has 76 valence electrons. The van der Waals surface area contributed by atoms with Gasteiger partial charge in [0.15, 0.2) is 0 Å². The van der Waals surface area contributed by atoms with E-state index in [1.807, 2.05) is 0 Å². The van der Waals surface area contributed by atoms with E-state index in [4.69, 9.17) is 9.84 Å². The Hall–Kier alpha value is -0.570. The molecule has 1 N–H and O–H groups in total. The lowest BCUT2D eigenvalue weighted by molar-refractivity contribution is -0.155. The van der Waals surface area contributed by atoms with Crippen LogP contribution in [0.5, 0.6) is 0 Å². The Kier molecular flexibility index (Phi) is 3.31. The molecule has 1 saturated carbocycles. The summed E-state index contributed by atoms with van der Waals surface area (Å²) in [4.78, 5) is 11.1. The van der Waals surface area contributed by atoms with E-state index in [0.29, 0.717) is 12.5 Å². The zero-order valence-corrected chi connectivity index (χ0v) is 8.38. The minimum atomic E-state index is -0.721. The first-order valence-corrected chi connectivity index (χ1v) is 4.83.